The molecule has 1 aliphatic rings. The summed E-state index contributed by atoms with van der Waals surface area (Å²) in [5, 5.41) is 12.4. The van der Waals surface area contributed by atoms with E-state index < -0.39 is 0 Å². The molecule has 2 N–H and O–H groups in total. The van der Waals surface area contributed by atoms with Gasteiger partial charge in [-0.3, -0.25) is 4.79 Å². The number of rotatable bonds is 5. The first kappa shape index (κ1) is 14.1. The standard InChI is InChI=1S/C16H23NO2/c18-12-15(11-13-7-3-1-4-8-13)17-16(19)14-9-5-2-6-10-14/h1,3-4,7-8,14-15,18H,2,5-6,9-12H2,(H,17,19). The third kappa shape index (κ3) is 4.35. The summed E-state index contributed by atoms with van der Waals surface area (Å²) in [6.45, 7) is -0.00659. The van der Waals surface area contributed by atoms with Crippen molar-refractivity contribution in [2.24, 2.45) is 5.92 Å². The van der Waals surface area contributed by atoms with Crippen LogP contribution in [0, 0.1) is 5.92 Å². The molecule has 0 spiro atoms. The van der Waals surface area contributed by atoms with Gasteiger partial charge in [0.05, 0.1) is 12.6 Å². The molecule has 1 saturated carbocycles. The predicted octanol–water partition coefficient (Wildman–Crippen LogP) is 2.29. The number of carbonyl (C=O) groups is 1. The molecule has 1 amide bonds. The molecule has 3 heteroatoms. The summed E-state index contributed by atoms with van der Waals surface area (Å²) in [5.74, 6) is 0.272. The lowest BCUT2D eigenvalue weighted by Gasteiger charge is -2.24. The predicted molar refractivity (Wildman–Crippen MR) is 75.7 cm³/mol. The maximum Gasteiger partial charge on any atom is 0.223 e. The quantitative estimate of drug-likeness (QED) is 0.854. The molecule has 0 heterocycles. The molecule has 2 rings (SSSR count). The molecule has 0 aromatic heterocycles. The molecule has 1 fully saturated rings. The number of hydrogen-bond donors (Lipinski definition) is 2. The summed E-state index contributed by atoms with van der Waals surface area (Å²) < 4.78 is 0. The van der Waals surface area contributed by atoms with E-state index >= 15 is 0 Å². The van der Waals surface area contributed by atoms with Crippen LogP contribution in [0.15, 0.2) is 30.3 Å². The van der Waals surface area contributed by atoms with Crippen LogP contribution in [0.2, 0.25) is 0 Å². The van der Waals surface area contributed by atoms with Gasteiger partial charge in [-0.05, 0) is 24.8 Å². The van der Waals surface area contributed by atoms with E-state index in [1.54, 1.807) is 0 Å². The van der Waals surface area contributed by atoms with Crippen LogP contribution in [-0.2, 0) is 11.2 Å². The summed E-state index contributed by atoms with van der Waals surface area (Å²) in [5.41, 5.74) is 1.14. The van der Waals surface area contributed by atoms with Gasteiger partial charge >= 0.3 is 0 Å². The molecule has 0 radical (unpaired) electrons. The first-order chi connectivity index (χ1) is 9.29. The number of hydrogen-bond acceptors (Lipinski definition) is 2. The van der Waals surface area contributed by atoms with Gasteiger partial charge in [0, 0.05) is 5.92 Å². The maximum atomic E-state index is 12.1. The SMILES string of the molecule is O=C(NC(CO)Cc1ccccc1)C1CCCCC1. The van der Waals surface area contributed by atoms with E-state index in [4.69, 9.17) is 0 Å². The Kier molecular flexibility index (Phi) is 5.40. The van der Waals surface area contributed by atoms with Crippen molar-refractivity contribution in [1.29, 1.82) is 0 Å². The smallest absolute Gasteiger partial charge is 0.223 e. The lowest BCUT2D eigenvalue weighted by molar-refractivity contribution is -0.126. The summed E-state index contributed by atoms with van der Waals surface area (Å²) in [7, 11) is 0. The lowest BCUT2D eigenvalue weighted by atomic mass is 9.88. The Labute approximate surface area is 115 Å². The van der Waals surface area contributed by atoms with Crippen molar-refractivity contribution in [2.75, 3.05) is 6.61 Å². The van der Waals surface area contributed by atoms with Crippen molar-refractivity contribution >= 4 is 5.91 Å². The van der Waals surface area contributed by atoms with Gasteiger partial charge in [0.1, 0.15) is 0 Å². The molecule has 104 valence electrons. The Morgan fingerprint density at radius 1 is 1.21 bits per heavy atom. The molecule has 1 unspecified atom stereocenters. The Balaban J connectivity index is 1.86. The number of aliphatic hydroxyl groups is 1. The number of aliphatic hydroxyl groups excluding tert-OH is 1. The number of nitrogens with one attached hydrogen (secondary N) is 1. The minimum atomic E-state index is -0.170. The van der Waals surface area contributed by atoms with E-state index in [2.05, 4.69) is 5.32 Å². The van der Waals surface area contributed by atoms with E-state index in [1.807, 2.05) is 30.3 Å². The zero-order valence-corrected chi connectivity index (χ0v) is 11.3. The van der Waals surface area contributed by atoms with E-state index in [-0.39, 0.29) is 24.5 Å². The van der Waals surface area contributed by atoms with Crippen LogP contribution in [0.25, 0.3) is 0 Å². The second kappa shape index (κ2) is 7.29. The van der Waals surface area contributed by atoms with Gasteiger partial charge in [-0.15, -0.1) is 0 Å². The molecule has 0 saturated heterocycles. The van der Waals surface area contributed by atoms with Gasteiger partial charge in [0.2, 0.25) is 5.91 Å². The van der Waals surface area contributed by atoms with Crippen molar-refractivity contribution in [3.05, 3.63) is 35.9 Å². The summed E-state index contributed by atoms with van der Waals surface area (Å²) in [4.78, 5) is 12.1. The average Bonchev–Trinajstić information content (AvgIpc) is 2.48. The van der Waals surface area contributed by atoms with Crippen molar-refractivity contribution in [3.63, 3.8) is 0 Å². The first-order valence-electron chi connectivity index (χ1n) is 7.24. The van der Waals surface area contributed by atoms with Gasteiger partial charge in [0.15, 0.2) is 0 Å². The minimum absolute atomic E-state index is 0.00659. The van der Waals surface area contributed by atoms with Crippen molar-refractivity contribution < 1.29 is 9.90 Å². The normalized spacial score (nSPS) is 17.9. The molecule has 1 atom stereocenters. The van der Waals surface area contributed by atoms with Crippen molar-refractivity contribution in [1.82, 2.24) is 5.32 Å². The fourth-order valence-corrected chi connectivity index (χ4v) is 2.74. The Bertz CT molecular complexity index is 385. The van der Waals surface area contributed by atoms with Gasteiger partial charge in [-0.25, -0.2) is 0 Å². The number of carbonyl (C=O) groups excluding carboxylic acids is 1. The second-order valence-corrected chi connectivity index (χ2v) is 5.41. The third-order valence-corrected chi connectivity index (χ3v) is 3.87. The molecule has 1 aromatic rings. The third-order valence-electron chi connectivity index (χ3n) is 3.87. The van der Waals surface area contributed by atoms with Crippen LogP contribution in [0.3, 0.4) is 0 Å². The Hall–Kier alpha value is -1.35. The summed E-state index contributed by atoms with van der Waals surface area (Å²) in [6, 6.07) is 9.80. The maximum absolute atomic E-state index is 12.1. The van der Waals surface area contributed by atoms with Crippen molar-refractivity contribution in [2.45, 2.75) is 44.6 Å². The molecular formula is C16H23NO2. The topological polar surface area (TPSA) is 49.3 Å². The molecular weight excluding hydrogens is 238 g/mol. The van der Waals surface area contributed by atoms with Gasteiger partial charge in [0.25, 0.3) is 0 Å². The van der Waals surface area contributed by atoms with Crippen LogP contribution in [0.4, 0.5) is 0 Å². The van der Waals surface area contributed by atoms with Crippen LogP contribution >= 0.6 is 0 Å². The molecule has 0 aliphatic heterocycles. The van der Waals surface area contributed by atoms with E-state index in [0.717, 1.165) is 31.2 Å². The summed E-state index contributed by atoms with van der Waals surface area (Å²) in [6.07, 6.45) is 6.23. The fourth-order valence-electron chi connectivity index (χ4n) is 2.74. The highest BCUT2D eigenvalue weighted by Crippen LogP contribution is 2.23. The van der Waals surface area contributed by atoms with Crippen LogP contribution in [0.1, 0.15) is 37.7 Å². The zero-order chi connectivity index (χ0) is 13.5. The minimum Gasteiger partial charge on any atom is -0.394 e. The van der Waals surface area contributed by atoms with Gasteiger partial charge in [-0.1, -0.05) is 49.6 Å². The van der Waals surface area contributed by atoms with Gasteiger partial charge in [-0.2, -0.15) is 0 Å². The van der Waals surface area contributed by atoms with Crippen LogP contribution < -0.4 is 5.32 Å². The van der Waals surface area contributed by atoms with Crippen LogP contribution in [-0.4, -0.2) is 23.7 Å². The highest BCUT2D eigenvalue weighted by Gasteiger charge is 2.23. The Morgan fingerprint density at radius 3 is 2.53 bits per heavy atom. The van der Waals surface area contributed by atoms with Crippen LogP contribution in [0.5, 0.6) is 0 Å². The summed E-state index contributed by atoms with van der Waals surface area (Å²) >= 11 is 0. The highest BCUT2D eigenvalue weighted by atomic mass is 16.3. The molecule has 3 nitrogen and oxygen atoms in total. The van der Waals surface area contributed by atoms with E-state index in [0.29, 0.717) is 6.42 Å². The highest BCUT2D eigenvalue weighted by molar-refractivity contribution is 5.79. The van der Waals surface area contributed by atoms with Gasteiger partial charge < -0.3 is 10.4 Å². The fraction of sp³-hybridized carbons (Fsp3) is 0.562. The Morgan fingerprint density at radius 2 is 1.89 bits per heavy atom. The molecule has 0 bridgehead atoms. The van der Waals surface area contributed by atoms with E-state index in [1.165, 1.54) is 6.42 Å². The number of benzene rings is 1. The van der Waals surface area contributed by atoms with Crippen molar-refractivity contribution in [3.8, 4) is 0 Å². The zero-order valence-electron chi connectivity index (χ0n) is 11.3. The van der Waals surface area contributed by atoms with E-state index in [9.17, 15) is 9.90 Å². The average molecular weight is 261 g/mol. The lowest BCUT2D eigenvalue weighted by Crippen LogP contribution is -2.42. The monoisotopic (exact) mass is 261 g/mol. The molecule has 1 aliphatic carbocycles. The second-order valence-electron chi connectivity index (χ2n) is 5.41. The molecule has 19 heavy (non-hydrogen) atoms. The first-order valence-corrected chi connectivity index (χ1v) is 7.24. The molecule has 1 aromatic carbocycles. The number of amides is 1. The largest absolute Gasteiger partial charge is 0.394 e.